The number of hydrazone groups is 1. The minimum Gasteiger partial charge on any atom is -0.466 e. The van der Waals surface area contributed by atoms with Crippen molar-refractivity contribution in [2.24, 2.45) is 5.10 Å². The van der Waals surface area contributed by atoms with Gasteiger partial charge in [0.05, 0.1) is 24.9 Å². The molecule has 1 heterocycles. The molecule has 0 amide bonds. The predicted molar refractivity (Wildman–Crippen MR) is 84.8 cm³/mol. The molecule has 2 aromatic rings. The van der Waals surface area contributed by atoms with Crippen molar-refractivity contribution in [2.75, 3.05) is 12.0 Å². The van der Waals surface area contributed by atoms with Gasteiger partial charge in [0.15, 0.2) is 0 Å². The SMILES string of the molecule is CCOC(=O)Cc1csc(NN=Cc2ccc(F)cc2C)n1. The van der Waals surface area contributed by atoms with E-state index in [2.05, 4.69) is 15.5 Å². The van der Waals surface area contributed by atoms with E-state index < -0.39 is 0 Å². The summed E-state index contributed by atoms with van der Waals surface area (Å²) in [6.45, 7) is 3.93. The zero-order valence-corrected chi connectivity index (χ0v) is 13.1. The van der Waals surface area contributed by atoms with E-state index in [4.69, 9.17) is 4.74 Å². The van der Waals surface area contributed by atoms with Crippen LogP contribution in [-0.2, 0) is 16.0 Å². The van der Waals surface area contributed by atoms with Crippen LogP contribution in [-0.4, -0.2) is 23.8 Å². The number of hydrogen-bond acceptors (Lipinski definition) is 6. The van der Waals surface area contributed by atoms with Gasteiger partial charge in [-0.3, -0.25) is 10.2 Å². The van der Waals surface area contributed by atoms with E-state index in [1.807, 2.05) is 6.92 Å². The summed E-state index contributed by atoms with van der Waals surface area (Å²) in [7, 11) is 0. The quantitative estimate of drug-likeness (QED) is 0.504. The average molecular weight is 321 g/mol. The number of ether oxygens (including phenoxy) is 1. The number of nitrogens with one attached hydrogen (secondary N) is 1. The molecule has 0 spiro atoms. The molecule has 0 bridgehead atoms. The summed E-state index contributed by atoms with van der Waals surface area (Å²) < 4.78 is 17.9. The molecule has 0 aliphatic heterocycles. The summed E-state index contributed by atoms with van der Waals surface area (Å²) in [5, 5.41) is 6.42. The molecule has 0 saturated heterocycles. The summed E-state index contributed by atoms with van der Waals surface area (Å²) in [6.07, 6.45) is 1.74. The van der Waals surface area contributed by atoms with Gasteiger partial charge in [0.1, 0.15) is 5.82 Å². The molecule has 0 saturated carbocycles. The van der Waals surface area contributed by atoms with Crippen LogP contribution >= 0.6 is 11.3 Å². The van der Waals surface area contributed by atoms with Gasteiger partial charge < -0.3 is 4.74 Å². The van der Waals surface area contributed by atoms with Crippen LogP contribution in [0.2, 0.25) is 0 Å². The second-order valence-corrected chi connectivity index (χ2v) is 5.35. The number of benzene rings is 1. The van der Waals surface area contributed by atoms with Crippen molar-refractivity contribution in [1.82, 2.24) is 4.98 Å². The normalized spacial score (nSPS) is 10.9. The largest absolute Gasteiger partial charge is 0.466 e. The topological polar surface area (TPSA) is 63.6 Å². The summed E-state index contributed by atoms with van der Waals surface area (Å²) >= 11 is 1.35. The predicted octanol–water partition coefficient (Wildman–Crippen LogP) is 3.14. The van der Waals surface area contributed by atoms with E-state index in [0.29, 0.717) is 17.4 Å². The highest BCUT2D eigenvalue weighted by molar-refractivity contribution is 7.13. The zero-order chi connectivity index (χ0) is 15.9. The third kappa shape index (κ3) is 4.63. The van der Waals surface area contributed by atoms with Gasteiger partial charge in [0.2, 0.25) is 5.13 Å². The summed E-state index contributed by atoms with van der Waals surface area (Å²) in [5.41, 5.74) is 5.05. The second-order valence-electron chi connectivity index (χ2n) is 4.50. The summed E-state index contributed by atoms with van der Waals surface area (Å²) in [4.78, 5) is 15.6. The van der Waals surface area contributed by atoms with Crippen molar-refractivity contribution in [3.8, 4) is 0 Å². The Hall–Kier alpha value is -2.28. The second kappa shape index (κ2) is 7.65. The monoisotopic (exact) mass is 321 g/mol. The van der Waals surface area contributed by atoms with Crippen LogP contribution < -0.4 is 5.43 Å². The van der Waals surface area contributed by atoms with Crippen LogP contribution in [0.3, 0.4) is 0 Å². The fourth-order valence-electron chi connectivity index (χ4n) is 1.74. The Morgan fingerprint density at radius 3 is 3.09 bits per heavy atom. The van der Waals surface area contributed by atoms with Crippen LogP contribution in [0.15, 0.2) is 28.7 Å². The lowest BCUT2D eigenvalue weighted by molar-refractivity contribution is -0.142. The van der Waals surface area contributed by atoms with E-state index >= 15 is 0 Å². The standard InChI is InChI=1S/C15H16FN3O2S/c1-3-21-14(20)7-13-9-22-15(18-13)19-17-8-11-4-5-12(16)6-10(11)2/h4-6,8-9H,3,7H2,1-2H3,(H,18,19). The molecule has 0 fully saturated rings. The number of carbonyl (C=O) groups is 1. The number of aromatic nitrogens is 1. The number of esters is 1. The molecular formula is C15H16FN3O2S. The van der Waals surface area contributed by atoms with Crippen LogP contribution in [0.5, 0.6) is 0 Å². The third-order valence-electron chi connectivity index (χ3n) is 2.78. The van der Waals surface area contributed by atoms with Gasteiger partial charge in [-0.2, -0.15) is 5.10 Å². The lowest BCUT2D eigenvalue weighted by Gasteiger charge is -1.99. The van der Waals surface area contributed by atoms with Crippen molar-refractivity contribution in [3.05, 3.63) is 46.2 Å². The number of carbonyl (C=O) groups excluding carboxylic acids is 1. The Morgan fingerprint density at radius 2 is 2.36 bits per heavy atom. The van der Waals surface area contributed by atoms with Crippen LogP contribution in [0.4, 0.5) is 9.52 Å². The van der Waals surface area contributed by atoms with E-state index in [1.165, 1.54) is 23.5 Å². The maximum Gasteiger partial charge on any atom is 0.311 e. The average Bonchev–Trinajstić information content (AvgIpc) is 2.89. The fraction of sp³-hybridized carbons (Fsp3) is 0.267. The molecule has 5 nitrogen and oxygen atoms in total. The molecule has 1 aromatic heterocycles. The van der Waals surface area contributed by atoms with E-state index in [0.717, 1.165) is 11.1 Å². The van der Waals surface area contributed by atoms with Crippen molar-refractivity contribution in [1.29, 1.82) is 0 Å². The minimum absolute atomic E-state index is 0.146. The first-order chi connectivity index (χ1) is 10.6. The number of thiazole rings is 1. The number of aryl methyl sites for hydroxylation is 1. The summed E-state index contributed by atoms with van der Waals surface area (Å²) in [6, 6.07) is 4.49. The number of halogens is 1. The minimum atomic E-state index is -0.301. The van der Waals surface area contributed by atoms with Gasteiger partial charge in [-0.1, -0.05) is 6.07 Å². The maximum atomic E-state index is 13.0. The van der Waals surface area contributed by atoms with Gasteiger partial charge in [-0.15, -0.1) is 11.3 Å². The Morgan fingerprint density at radius 1 is 1.55 bits per heavy atom. The smallest absolute Gasteiger partial charge is 0.311 e. The Bertz CT molecular complexity index is 685. The molecule has 116 valence electrons. The highest BCUT2D eigenvalue weighted by Crippen LogP contribution is 2.16. The Balaban J connectivity index is 1.93. The Kier molecular flexibility index (Phi) is 5.60. The molecular weight excluding hydrogens is 305 g/mol. The fourth-order valence-corrected chi connectivity index (χ4v) is 2.40. The lowest BCUT2D eigenvalue weighted by Crippen LogP contribution is -2.07. The number of anilines is 1. The van der Waals surface area contributed by atoms with Crippen molar-refractivity contribution in [2.45, 2.75) is 20.3 Å². The van der Waals surface area contributed by atoms with Crippen LogP contribution in [0.25, 0.3) is 0 Å². The zero-order valence-electron chi connectivity index (χ0n) is 12.3. The van der Waals surface area contributed by atoms with E-state index in [-0.39, 0.29) is 18.2 Å². The number of rotatable bonds is 6. The summed E-state index contributed by atoms with van der Waals surface area (Å²) in [5.74, 6) is -0.573. The molecule has 22 heavy (non-hydrogen) atoms. The first kappa shape index (κ1) is 16.1. The van der Waals surface area contributed by atoms with Gasteiger partial charge in [-0.25, -0.2) is 9.37 Å². The molecule has 1 aromatic carbocycles. The molecule has 1 N–H and O–H groups in total. The van der Waals surface area contributed by atoms with Crippen molar-refractivity contribution < 1.29 is 13.9 Å². The first-order valence-electron chi connectivity index (χ1n) is 6.73. The number of hydrogen-bond donors (Lipinski definition) is 1. The van der Waals surface area contributed by atoms with Crippen molar-refractivity contribution in [3.63, 3.8) is 0 Å². The van der Waals surface area contributed by atoms with Crippen molar-refractivity contribution >= 4 is 28.7 Å². The van der Waals surface area contributed by atoms with Gasteiger partial charge in [-0.05, 0) is 37.1 Å². The van der Waals surface area contributed by atoms with Gasteiger partial charge in [0.25, 0.3) is 0 Å². The molecule has 0 unspecified atom stereocenters. The third-order valence-corrected chi connectivity index (χ3v) is 3.57. The highest BCUT2D eigenvalue weighted by atomic mass is 32.1. The Labute approximate surface area is 131 Å². The molecule has 0 aliphatic carbocycles. The van der Waals surface area contributed by atoms with E-state index in [9.17, 15) is 9.18 Å². The van der Waals surface area contributed by atoms with E-state index in [1.54, 1.807) is 24.6 Å². The highest BCUT2D eigenvalue weighted by Gasteiger charge is 2.07. The maximum absolute atomic E-state index is 13.0. The van der Waals surface area contributed by atoms with Gasteiger partial charge in [0, 0.05) is 5.38 Å². The molecule has 2 rings (SSSR count). The molecule has 0 aliphatic rings. The molecule has 0 radical (unpaired) electrons. The van der Waals surface area contributed by atoms with Crippen LogP contribution in [0.1, 0.15) is 23.7 Å². The molecule has 7 heteroatoms. The molecule has 0 atom stereocenters. The first-order valence-corrected chi connectivity index (χ1v) is 7.61. The van der Waals surface area contributed by atoms with Gasteiger partial charge >= 0.3 is 5.97 Å². The number of nitrogens with zero attached hydrogens (tertiary/aromatic N) is 2. The van der Waals surface area contributed by atoms with Crippen LogP contribution in [0, 0.1) is 12.7 Å². The lowest BCUT2D eigenvalue weighted by atomic mass is 10.1.